The van der Waals surface area contributed by atoms with Gasteiger partial charge in [-0.1, -0.05) is 19.1 Å². The van der Waals surface area contributed by atoms with Gasteiger partial charge in [0.2, 0.25) is 0 Å². The predicted molar refractivity (Wildman–Crippen MR) is 112 cm³/mol. The second-order valence-corrected chi connectivity index (χ2v) is 10.4. The first-order valence-electron chi connectivity index (χ1n) is 9.67. The molecule has 1 saturated heterocycles. The number of hydrogen-bond acceptors (Lipinski definition) is 5. The van der Waals surface area contributed by atoms with Crippen LogP contribution in [0.15, 0.2) is 24.4 Å². The number of rotatable bonds is 6. The lowest BCUT2D eigenvalue weighted by Gasteiger charge is -2.47. The molecule has 1 aliphatic heterocycles. The van der Waals surface area contributed by atoms with Crippen molar-refractivity contribution >= 4 is 32.8 Å². The van der Waals surface area contributed by atoms with Gasteiger partial charge in [-0.3, -0.25) is 9.18 Å². The van der Waals surface area contributed by atoms with E-state index in [2.05, 4.69) is 24.1 Å². The molecule has 3 atom stereocenters. The van der Waals surface area contributed by atoms with Crippen molar-refractivity contribution in [3.8, 4) is 0 Å². The van der Waals surface area contributed by atoms with E-state index in [-0.39, 0.29) is 0 Å². The van der Waals surface area contributed by atoms with Crippen LogP contribution in [0.1, 0.15) is 36.8 Å². The summed E-state index contributed by atoms with van der Waals surface area (Å²) in [4.78, 5) is 2.67. The van der Waals surface area contributed by atoms with E-state index in [1.54, 1.807) is 0 Å². The molecule has 0 bridgehead atoms. The SMILES string of the molecule is CCCN1CC(CSC)C[C@H]2c3cccc4c3c(cn4OS(C)(=O)=O)C[C@@H]21. The Morgan fingerprint density at radius 1 is 1.33 bits per heavy atom. The number of aromatic nitrogens is 1. The van der Waals surface area contributed by atoms with Crippen molar-refractivity contribution in [3.05, 3.63) is 35.5 Å². The fourth-order valence-electron chi connectivity index (χ4n) is 5.08. The van der Waals surface area contributed by atoms with Crippen molar-refractivity contribution in [1.29, 1.82) is 0 Å². The van der Waals surface area contributed by atoms with Gasteiger partial charge in [0.05, 0.1) is 11.8 Å². The molecule has 5 nitrogen and oxygen atoms in total. The number of likely N-dealkylation sites (tertiary alicyclic amines) is 1. The largest absolute Gasteiger partial charge is 0.324 e. The average Bonchev–Trinajstić information content (AvgIpc) is 2.94. The Morgan fingerprint density at radius 3 is 2.85 bits per heavy atom. The van der Waals surface area contributed by atoms with Crippen LogP contribution in [0, 0.1) is 5.92 Å². The third kappa shape index (κ3) is 3.61. The lowest BCUT2D eigenvalue weighted by molar-refractivity contribution is 0.0926. The molecule has 2 heterocycles. The molecule has 0 N–H and O–H groups in total. The molecule has 27 heavy (non-hydrogen) atoms. The van der Waals surface area contributed by atoms with Crippen LogP contribution < -0.4 is 4.28 Å². The van der Waals surface area contributed by atoms with E-state index >= 15 is 0 Å². The van der Waals surface area contributed by atoms with E-state index in [0.717, 1.165) is 31.2 Å². The molecule has 0 spiro atoms. The summed E-state index contributed by atoms with van der Waals surface area (Å²) in [6.45, 7) is 4.54. The number of benzene rings is 1. The summed E-state index contributed by atoms with van der Waals surface area (Å²) in [5, 5.41) is 1.20. The summed E-state index contributed by atoms with van der Waals surface area (Å²) in [6.07, 6.45) is 8.50. The van der Waals surface area contributed by atoms with Crippen LogP contribution in [0.2, 0.25) is 0 Å². The van der Waals surface area contributed by atoms with Gasteiger partial charge in [-0.25, -0.2) is 0 Å². The standard InChI is InChI=1S/C20H28N2O3S2/c1-4-8-21-11-14(13-26-2)9-17-16-6-5-7-18-20(16)15(10-19(17)21)12-22(18)25-27(3,23)24/h5-7,12,14,17,19H,4,8-11,13H2,1-3H3/t14?,17-,19-/m0/s1. The van der Waals surface area contributed by atoms with E-state index in [1.807, 2.05) is 30.1 Å². The Hall–Kier alpha value is -1.18. The van der Waals surface area contributed by atoms with Gasteiger partial charge in [-0.2, -0.15) is 24.9 Å². The van der Waals surface area contributed by atoms with Crippen LogP contribution in [-0.2, 0) is 16.5 Å². The van der Waals surface area contributed by atoms with Gasteiger partial charge in [-0.15, -0.1) is 0 Å². The van der Waals surface area contributed by atoms with E-state index in [9.17, 15) is 8.42 Å². The minimum atomic E-state index is -3.57. The van der Waals surface area contributed by atoms with Crippen LogP contribution in [0.3, 0.4) is 0 Å². The van der Waals surface area contributed by atoms with E-state index in [4.69, 9.17) is 4.28 Å². The molecule has 0 amide bonds. The summed E-state index contributed by atoms with van der Waals surface area (Å²) in [5.41, 5.74) is 3.43. The summed E-state index contributed by atoms with van der Waals surface area (Å²) >= 11 is 1.94. The van der Waals surface area contributed by atoms with Gasteiger partial charge in [0.25, 0.3) is 0 Å². The monoisotopic (exact) mass is 408 g/mol. The van der Waals surface area contributed by atoms with Crippen LogP contribution >= 0.6 is 11.8 Å². The number of nitrogens with zero attached hydrogens (tertiary/aromatic N) is 2. The van der Waals surface area contributed by atoms with Crippen molar-refractivity contribution in [1.82, 2.24) is 9.63 Å². The molecule has 2 aliphatic rings. The summed E-state index contributed by atoms with van der Waals surface area (Å²) in [5.74, 6) is 2.41. The Morgan fingerprint density at radius 2 is 2.15 bits per heavy atom. The number of fused-ring (bicyclic) bond motifs is 2. The summed E-state index contributed by atoms with van der Waals surface area (Å²) in [6, 6.07) is 6.72. The average molecular weight is 409 g/mol. The highest BCUT2D eigenvalue weighted by Gasteiger charge is 2.40. The zero-order valence-electron chi connectivity index (χ0n) is 16.2. The van der Waals surface area contributed by atoms with Crippen LogP contribution in [0.25, 0.3) is 10.9 Å². The van der Waals surface area contributed by atoms with Crippen molar-refractivity contribution in [3.63, 3.8) is 0 Å². The van der Waals surface area contributed by atoms with Gasteiger partial charge >= 0.3 is 10.1 Å². The topological polar surface area (TPSA) is 51.5 Å². The normalized spacial score (nSPS) is 25.5. The van der Waals surface area contributed by atoms with Crippen LogP contribution in [0.5, 0.6) is 0 Å². The smallest absolute Gasteiger partial charge is 0.299 e. The van der Waals surface area contributed by atoms with Gasteiger partial charge in [0.15, 0.2) is 0 Å². The van der Waals surface area contributed by atoms with Gasteiger partial charge in [-0.05, 0) is 60.9 Å². The molecular formula is C20H28N2O3S2. The van der Waals surface area contributed by atoms with Gasteiger partial charge < -0.3 is 0 Å². The lowest BCUT2D eigenvalue weighted by Crippen LogP contribution is -2.50. The number of hydrogen-bond donors (Lipinski definition) is 0. The fourth-order valence-corrected chi connectivity index (χ4v) is 6.21. The Balaban J connectivity index is 1.79. The zero-order valence-corrected chi connectivity index (χ0v) is 17.9. The molecule has 4 rings (SSSR count). The molecular weight excluding hydrogens is 380 g/mol. The van der Waals surface area contributed by atoms with Crippen molar-refractivity contribution in [2.45, 2.75) is 38.1 Å². The lowest BCUT2D eigenvalue weighted by atomic mass is 9.72. The summed E-state index contributed by atoms with van der Waals surface area (Å²) < 4.78 is 30.1. The van der Waals surface area contributed by atoms with Gasteiger partial charge in [0, 0.05) is 30.1 Å². The van der Waals surface area contributed by atoms with Gasteiger partial charge in [0.1, 0.15) is 0 Å². The number of piperidine rings is 1. The third-order valence-electron chi connectivity index (χ3n) is 5.88. The van der Waals surface area contributed by atoms with Crippen LogP contribution in [0.4, 0.5) is 0 Å². The first-order valence-corrected chi connectivity index (χ1v) is 12.9. The minimum Gasteiger partial charge on any atom is -0.299 e. The highest BCUT2D eigenvalue weighted by Crippen LogP contribution is 2.45. The molecule has 148 valence electrons. The van der Waals surface area contributed by atoms with E-state index < -0.39 is 10.1 Å². The molecule has 2 aromatic rings. The second-order valence-electron chi connectivity index (χ2n) is 7.93. The molecule has 0 radical (unpaired) electrons. The van der Waals surface area contributed by atoms with E-state index in [0.29, 0.717) is 17.9 Å². The molecule has 0 saturated carbocycles. The minimum absolute atomic E-state index is 0.496. The molecule has 1 fully saturated rings. The Bertz CT molecular complexity index is 938. The quantitative estimate of drug-likeness (QED) is 0.735. The fraction of sp³-hybridized carbons (Fsp3) is 0.600. The number of thioether (sulfide) groups is 1. The zero-order chi connectivity index (χ0) is 19.2. The Kier molecular flexibility index (Phi) is 5.20. The first kappa shape index (κ1) is 19.2. The highest BCUT2D eigenvalue weighted by molar-refractivity contribution is 7.98. The van der Waals surface area contributed by atoms with Crippen molar-refractivity contribution in [2.24, 2.45) is 5.92 Å². The summed E-state index contributed by atoms with van der Waals surface area (Å²) in [7, 11) is -3.57. The maximum Gasteiger partial charge on any atom is 0.324 e. The second kappa shape index (κ2) is 7.33. The maximum atomic E-state index is 11.7. The predicted octanol–water partition coefficient (Wildman–Crippen LogP) is 3.13. The first-order chi connectivity index (χ1) is 12.9. The molecule has 1 aliphatic carbocycles. The van der Waals surface area contributed by atoms with E-state index in [1.165, 1.54) is 40.0 Å². The molecule has 1 aromatic carbocycles. The molecule has 7 heteroatoms. The van der Waals surface area contributed by atoms with Crippen molar-refractivity contribution < 1.29 is 12.7 Å². The molecule has 1 aromatic heterocycles. The van der Waals surface area contributed by atoms with Crippen molar-refractivity contribution in [2.75, 3.05) is 31.4 Å². The Labute approximate surface area is 166 Å². The molecule has 1 unspecified atom stereocenters. The third-order valence-corrected chi connectivity index (χ3v) is 7.11. The van der Waals surface area contributed by atoms with Crippen LogP contribution in [-0.4, -0.2) is 55.4 Å². The maximum absolute atomic E-state index is 11.7. The highest BCUT2D eigenvalue weighted by atomic mass is 32.2.